The molecule has 0 unspecified atom stereocenters. The molecule has 0 saturated carbocycles. The second-order valence-corrected chi connectivity index (χ2v) is 7.46. The number of carbonyl (C=O) groups is 1. The van der Waals surface area contributed by atoms with E-state index in [4.69, 9.17) is 10.8 Å². The lowest BCUT2D eigenvalue weighted by Gasteiger charge is -2.31. The van der Waals surface area contributed by atoms with Crippen molar-refractivity contribution >= 4 is 23.8 Å². The van der Waals surface area contributed by atoms with Crippen LogP contribution >= 0.6 is 0 Å². The van der Waals surface area contributed by atoms with Crippen molar-refractivity contribution in [2.24, 2.45) is 0 Å². The third-order valence-corrected chi connectivity index (χ3v) is 5.51. The smallest absolute Gasteiger partial charge is 0.255 e. The Kier molecular flexibility index (Phi) is 5.33. The maximum absolute atomic E-state index is 13.1. The van der Waals surface area contributed by atoms with Crippen LogP contribution in [-0.4, -0.2) is 33.6 Å². The molecule has 8 nitrogen and oxygen atoms in total. The van der Waals surface area contributed by atoms with Gasteiger partial charge in [0.2, 0.25) is 0 Å². The molecule has 1 aliphatic heterocycles. The number of halogens is 1. The van der Waals surface area contributed by atoms with Crippen LogP contribution in [0.4, 0.5) is 15.9 Å². The molecule has 0 aliphatic carbocycles. The highest BCUT2D eigenvalue weighted by molar-refractivity contribution is 6.04. The normalized spacial score (nSPS) is 12.9. The van der Waals surface area contributed by atoms with Gasteiger partial charge in [-0.2, -0.15) is 0 Å². The minimum Gasteiger partial charge on any atom is -0.350 e. The first-order valence-corrected chi connectivity index (χ1v) is 9.82. The second-order valence-electron chi connectivity index (χ2n) is 7.46. The van der Waals surface area contributed by atoms with Gasteiger partial charge in [-0.05, 0) is 55.3 Å². The molecule has 1 aliphatic rings. The highest BCUT2D eigenvalue weighted by Crippen LogP contribution is 2.26. The van der Waals surface area contributed by atoms with Gasteiger partial charge in [-0.15, -0.1) is 5.10 Å². The molecule has 3 aromatic rings. The van der Waals surface area contributed by atoms with E-state index in [0.29, 0.717) is 24.3 Å². The first kappa shape index (κ1) is 20.4. The fourth-order valence-electron chi connectivity index (χ4n) is 3.62. The van der Waals surface area contributed by atoms with Gasteiger partial charge in [-0.1, -0.05) is 0 Å². The summed E-state index contributed by atoms with van der Waals surface area (Å²) in [5.41, 5.74) is 4.73. The van der Waals surface area contributed by atoms with Gasteiger partial charge in [0.05, 0.1) is 11.9 Å². The fourth-order valence-corrected chi connectivity index (χ4v) is 3.62. The Bertz CT molecular complexity index is 1240. The lowest BCUT2D eigenvalue weighted by molar-refractivity contribution is 0.102. The third kappa shape index (κ3) is 3.94. The molecular weight excluding hydrogens is 397 g/mol. The van der Waals surface area contributed by atoms with Gasteiger partial charge in [0.25, 0.3) is 5.91 Å². The van der Waals surface area contributed by atoms with E-state index >= 15 is 0 Å². The van der Waals surface area contributed by atoms with Crippen LogP contribution in [0.2, 0.25) is 0 Å². The molecule has 0 fully saturated rings. The molecule has 1 aromatic carbocycles. The topological polar surface area (TPSA) is 111 Å². The van der Waals surface area contributed by atoms with Crippen LogP contribution in [0.3, 0.4) is 0 Å². The highest BCUT2D eigenvalue weighted by atomic mass is 19.1. The SMILES string of the molecule is Cc1c(N2CCc3ncc(NC(=O)c4ccc(F)cc4)cc3C2)nn(C=N)c(=N)c1C.[HH]. The van der Waals surface area contributed by atoms with E-state index in [1.807, 2.05) is 19.9 Å². The molecule has 1 amide bonds. The van der Waals surface area contributed by atoms with Crippen molar-refractivity contribution < 1.29 is 10.6 Å². The molecule has 160 valence electrons. The number of carbonyl (C=O) groups excluding carboxylic acids is 1. The van der Waals surface area contributed by atoms with E-state index in [-0.39, 0.29) is 12.8 Å². The van der Waals surface area contributed by atoms with E-state index in [0.717, 1.165) is 41.0 Å². The number of hydrogen-bond acceptors (Lipinski definition) is 6. The summed E-state index contributed by atoms with van der Waals surface area (Å²) in [7, 11) is 0. The Morgan fingerprint density at radius 3 is 2.71 bits per heavy atom. The molecule has 0 saturated heterocycles. The molecule has 31 heavy (non-hydrogen) atoms. The van der Waals surface area contributed by atoms with Crippen LogP contribution in [-0.2, 0) is 13.0 Å². The Balaban J connectivity index is 0.00000289. The Labute approximate surface area is 179 Å². The predicted octanol–water partition coefficient (Wildman–Crippen LogP) is 3.03. The standard InChI is InChI=1S/C22H22FN7O.H2/c1-13-14(2)21(28-30(12-24)20(13)25)29-8-7-19-16(11-29)9-18(10-26-19)27-22(31)15-3-5-17(23)6-4-15;/h3-6,9-10,12,24-25H,7-8,11H2,1-2H3,(H,27,31);1H. The number of anilines is 2. The van der Waals surface area contributed by atoms with Crippen molar-refractivity contribution in [1.82, 2.24) is 14.8 Å². The summed E-state index contributed by atoms with van der Waals surface area (Å²) < 4.78 is 14.3. The Morgan fingerprint density at radius 2 is 2.00 bits per heavy atom. The van der Waals surface area contributed by atoms with Gasteiger partial charge >= 0.3 is 0 Å². The number of pyridine rings is 1. The van der Waals surface area contributed by atoms with Crippen LogP contribution in [0.25, 0.3) is 0 Å². The lowest BCUT2D eigenvalue weighted by Crippen LogP contribution is -2.36. The van der Waals surface area contributed by atoms with Crippen LogP contribution < -0.4 is 15.7 Å². The zero-order valence-electron chi connectivity index (χ0n) is 17.2. The van der Waals surface area contributed by atoms with Crippen molar-refractivity contribution in [2.45, 2.75) is 26.8 Å². The summed E-state index contributed by atoms with van der Waals surface area (Å²) >= 11 is 0. The average molecular weight is 421 g/mol. The maximum atomic E-state index is 13.1. The molecule has 2 aromatic heterocycles. The summed E-state index contributed by atoms with van der Waals surface area (Å²) in [6.45, 7) is 5.04. The van der Waals surface area contributed by atoms with E-state index in [9.17, 15) is 9.18 Å². The molecule has 3 heterocycles. The summed E-state index contributed by atoms with van der Waals surface area (Å²) in [6.07, 6.45) is 3.37. The minimum atomic E-state index is -0.394. The number of benzene rings is 1. The summed E-state index contributed by atoms with van der Waals surface area (Å²) in [6, 6.07) is 7.25. The number of fused-ring (bicyclic) bond motifs is 1. The Morgan fingerprint density at radius 1 is 1.26 bits per heavy atom. The van der Waals surface area contributed by atoms with Crippen molar-refractivity contribution in [3.05, 3.63) is 75.8 Å². The van der Waals surface area contributed by atoms with Gasteiger partial charge in [0.1, 0.15) is 12.2 Å². The van der Waals surface area contributed by atoms with Crippen molar-refractivity contribution in [3.63, 3.8) is 0 Å². The van der Waals surface area contributed by atoms with Gasteiger partial charge in [0.15, 0.2) is 11.3 Å². The zero-order valence-corrected chi connectivity index (χ0v) is 17.2. The number of nitrogens with one attached hydrogen (secondary N) is 3. The van der Waals surface area contributed by atoms with Crippen molar-refractivity contribution in [2.75, 3.05) is 16.8 Å². The average Bonchev–Trinajstić information content (AvgIpc) is 2.77. The number of nitrogens with zero attached hydrogens (tertiary/aromatic N) is 4. The van der Waals surface area contributed by atoms with Gasteiger partial charge in [-0.3, -0.25) is 20.6 Å². The predicted molar refractivity (Wildman–Crippen MR) is 117 cm³/mol. The van der Waals surface area contributed by atoms with E-state index in [1.54, 1.807) is 6.20 Å². The Hall–Kier alpha value is -3.88. The first-order chi connectivity index (χ1) is 14.9. The molecule has 0 spiro atoms. The van der Waals surface area contributed by atoms with Crippen LogP contribution in [0.15, 0.2) is 36.5 Å². The first-order valence-electron chi connectivity index (χ1n) is 9.82. The van der Waals surface area contributed by atoms with E-state index in [2.05, 4.69) is 20.3 Å². The molecule has 0 radical (unpaired) electrons. The molecule has 3 N–H and O–H groups in total. The fraction of sp³-hybridized carbons (Fsp3) is 0.227. The third-order valence-electron chi connectivity index (χ3n) is 5.51. The number of amides is 1. The van der Waals surface area contributed by atoms with Crippen LogP contribution in [0.5, 0.6) is 0 Å². The van der Waals surface area contributed by atoms with E-state index in [1.165, 1.54) is 28.9 Å². The number of hydrogen-bond donors (Lipinski definition) is 3. The monoisotopic (exact) mass is 421 g/mol. The summed E-state index contributed by atoms with van der Waals surface area (Å²) in [5.74, 6) is -0.00183. The van der Waals surface area contributed by atoms with Gasteiger partial charge < -0.3 is 10.2 Å². The molecule has 0 bridgehead atoms. The molecule has 0 atom stereocenters. The lowest BCUT2D eigenvalue weighted by atomic mass is 10.0. The van der Waals surface area contributed by atoms with E-state index < -0.39 is 5.82 Å². The maximum Gasteiger partial charge on any atom is 0.255 e. The highest BCUT2D eigenvalue weighted by Gasteiger charge is 2.22. The second kappa shape index (κ2) is 8.10. The summed E-state index contributed by atoms with van der Waals surface area (Å²) in [5, 5.41) is 22.9. The number of aromatic nitrogens is 3. The quantitative estimate of drug-likeness (QED) is 0.444. The number of rotatable bonds is 4. The minimum absolute atomic E-state index is 0. The van der Waals surface area contributed by atoms with Gasteiger partial charge in [-0.25, -0.2) is 9.07 Å². The molecule has 9 heteroatoms. The van der Waals surface area contributed by atoms with Crippen molar-refractivity contribution in [1.29, 1.82) is 10.8 Å². The summed E-state index contributed by atoms with van der Waals surface area (Å²) in [4.78, 5) is 19.0. The van der Waals surface area contributed by atoms with Gasteiger partial charge in [0, 0.05) is 37.8 Å². The molecule has 4 rings (SSSR count). The largest absolute Gasteiger partial charge is 0.350 e. The molecular formula is C22H24FN7O. The zero-order chi connectivity index (χ0) is 22.1. The van der Waals surface area contributed by atoms with Crippen molar-refractivity contribution in [3.8, 4) is 0 Å². The van der Waals surface area contributed by atoms with Crippen LogP contribution in [0, 0.1) is 30.5 Å². The van der Waals surface area contributed by atoms with Crippen LogP contribution in [0.1, 0.15) is 34.2 Å².